The number of para-hydroxylation sites is 4. The van der Waals surface area contributed by atoms with Gasteiger partial charge in [-0.15, -0.1) is 0 Å². The van der Waals surface area contributed by atoms with E-state index in [0.29, 0.717) is 33.0 Å². The van der Waals surface area contributed by atoms with E-state index in [1.54, 1.807) is 0 Å². The van der Waals surface area contributed by atoms with E-state index in [1.165, 1.54) is 83.5 Å². The summed E-state index contributed by atoms with van der Waals surface area (Å²) in [4.78, 5) is 23.5. The maximum Gasteiger partial charge on any atom is 0.131 e. The summed E-state index contributed by atoms with van der Waals surface area (Å²) in [6, 6.07) is 65.0. The molecule has 8 aliphatic rings. The Morgan fingerprint density at radius 1 is 0.379 bits per heavy atom. The largest absolute Gasteiger partial charge is 0.494 e. The van der Waals surface area contributed by atoms with Crippen LogP contribution in [-0.2, 0) is 26.4 Å². The fourth-order valence-electron chi connectivity index (χ4n) is 15.7. The molecule has 4 N–H and O–H groups in total. The lowest BCUT2D eigenvalue weighted by molar-refractivity contribution is 0.215. The number of hydrogen-bond acceptors (Lipinski definition) is 16. The minimum Gasteiger partial charge on any atom is -0.494 e. The molecule has 0 bridgehead atoms. The monoisotopic (exact) mass is 1660 g/mol. The zero-order chi connectivity index (χ0) is 79.9. The first-order valence-corrected chi connectivity index (χ1v) is 43.1. The predicted molar refractivity (Wildman–Crippen MR) is 470 cm³/mol. The summed E-state index contributed by atoms with van der Waals surface area (Å²) in [5, 5.41) is 26.3. The zero-order valence-electron chi connectivity index (χ0n) is 66.6. The summed E-state index contributed by atoms with van der Waals surface area (Å²) in [6.45, 7) is 16.9. The van der Waals surface area contributed by atoms with Crippen molar-refractivity contribution < 1.29 is 38.6 Å². The molecule has 0 unspecified atom stereocenters. The number of nitrogens with one attached hydrogen (secondary N) is 2. The number of hydrogen-bond donors (Lipinski definition) is 4. The molecule has 116 heavy (non-hydrogen) atoms. The van der Waals surface area contributed by atoms with Crippen molar-refractivity contribution in [1.29, 1.82) is 0 Å². The van der Waals surface area contributed by atoms with Crippen molar-refractivity contribution in [3.05, 3.63) is 319 Å². The Morgan fingerprint density at radius 2 is 0.724 bits per heavy atom. The van der Waals surface area contributed by atoms with Crippen molar-refractivity contribution in [3.63, 3.8) is 0 Å². The summed E-state index contributed by atoms with van der Waals surface area (Å²) < 4.78 is 35.4. The maximum atomic E-state index is 9.04. The number of rotatable bonds is 14. The van der Waals surface area contributed by atoms with Gasteiger partial charge >= 0.3 is 0 Å². The highest BCUT2D eigenvalue weighted by atomic mass is 79.9. The minimum absolute atomic E-state index is 0.270. The fourth-order valence-corrected chi connectivity index (χ4v) is 16.2. The number of piperidine rings is 4. The van der Waals surface area contributed by atoms with Gasteiger partial charge in [-0.1, -0.05) is 172 Å². The second-order valence-electron chi connectivity index (χ2n) is 29.4. The molecule has 19 heteroatoms. The Hall–Kier alpha value is -9.50. The third-order valence-electron chi connectivity index (χ3n) is 21.6. The van der Waals surface area contributed by atoms with Crippen LogP contribution in [0.15, 0.2) is 241 Å². The van der Waals surface area contributed by atoms with Gasteiger partial charge < -0.3 is 59.1 Å². The first-order chi connectivity index (χ1) is 57.2. The summed E-state index contributed by atoms with van der Waals surface area (Å²) in [5.41, 5.74) is 25.0. The lowest BCUT2D eigenvalue weighted by atomic mass is 9.87. The molecule has 12 heterocycles. The number of aliphatic hydroxyl groups is 2. The SMILES string of the molecule is CCCCOc1ccc(Cl)cc1.Clc1ccc(OCCCN2CCC(=C3c4ccccc4OCc4ncccc43)CC2)cc1.OCCCBr.OCCCN1CCC(=C2c3ccccc3OCc3cccnc32)CC1.c1ccc2c(c1)OCc1ncccc1C2=C1CCNCC1.c1cnc2c(c1)COc1ccccc1C2=C1CCNCC1. The smallest absolute Gasteiger partial charge is 0.131 e. The molecule has 0 aliphatic carbocycles. The fraction of sp³-hybridized carbons (Fsp3) is 0.340. The van der Waals surface area contributed by atoms with E-state index in [9.17, 15) is 0 Å². The molecular weight excluding hydrogens is 1560 g/mol. The molecular formula is C97H107BrCl2N8O8. The van der Waals surface area contributed by atoms with Crippen LogP contribution in [0.4, 0.5) is 0 Å². The highest BCUT2D eigenvalue weighted by Crippen LogP contribution is 2.45. The van der Waals surface area contributed by atoms with Crippen molar-refractivity contribution in [2.24, 2.45) is 0 Å². The molecule has 8 aliphatic heterocycles. The first-order valence-electron chi connectivity index (χ1n) is 41.2. The Kier molecular flexibility index (Phi) is 32.5. The van der Waals surface area contributed by atoms with Crippen LogP contribution in [0, 0.1) is 0 Å². The van der Waals surface area contributed by atoms with Gasteiger partial charge in [0.25, 0.3) is 0 Å². The van der Waals surface area contributed by atoms with Gasteiger partial charge in [-0.05, 0) is 211 Å². The van der Waals surface area contributed by atoms with Crippen LogP contribution in [-0.4, -0.2) is 137 Å². The van der Waals surface area contributed by atoms with Gasteiger partial charge in [0.15, 0.2) is 0 Å². The van der Waals surface area contributed by atoms with Crippen molar-refractivity contribution in [1.82, 2.24) is 40.4 Å². The summed E-state index contributed by atoms with van der Waals surface area (Å²) in [7, 11) is 0. The van der Waals surface area contributed by atoms with Crippen LogP contribution in [0.1, 0.15) is 158 Å². The number of ether oxygens (including phenoxy) is 6. The third kappa shape index (κ3) is 23.0. The quantitative estimate of drug-likeness (QED) is 0.0596. The van der Waals surface area contributed by atoms with Gasteiger partial charge in [-0.3, -0.25) is 19.9 Å². The van der Waals surface area contributed by atoms with Crippen molar-refractivity contribution >= 4 is 61.4 Å². The normalized spacial score (nSPS) is 15.9. The van der Waals surface area contributed by atoms with Crippen LogP contribution >= 0.6 is 39.1 Å². The number of alkyl halides is 1. The number of aliphatic hydroxyl groups excluding tert-OH is 2. The topological polar surface area (TPSA) is 178 Å². The van der Waals surface area contributed by atoms with E-state index < -0.39 is 0 Å². The van der Waals surface area contributed by atoms with Gasteiger partial charge in [0.2, 0.25) is 0 Å². The van der Waals surface area contributed by atoms with Crippen molar-refractivity contribution in [2.75, 3.05) is 97.2 Å². The van der Waals surface area contributed by atoms with E-state index >= 15 is 0 Å². The third-order valence-corrected chi connectivity index (χ3v) is 22.7. The van der Waals surface area contributed by atoms with Gasteiger partial charge in [0.05, 0.1) is 36.0 Å². The lowest BCUT2D eigenvalue weighted by Crippen LogP contribution is -2.32. The second kappa shape index (κ2) is 44.7. The Morgan fingerprint density at radius 3 is 1.13 bits per heavy atom. The van der Waals surface area contributed by atoms with E-state index in [1.807, 2.05) is 122 Å². The van der Waals surface area contributed by atoms with E-state index in [-0.39, 0.29) is 6.61 Å². The van der Waals surface area contributed by atoms with Crippen LogP contribution in [0.2, 0.25) is 10.0 Å². The summed E-state index contributed by atoms with van der Waals surface area (Å²) >= 11 is 14.8. The number of halogens is 3. The Bertz CT molecular complexity index is 4600. The van der Waals surface area contributed by atoms with Crippen LogP contribution < -0.4 is 39.1 Å². The van der Waals surface area contributed by atoms with E-state index in [4.69, 9.17) is 66.8 Å². The molecule has 0 atom stereocenters. The van der Waals surface area contributed by atoms with Crippen LogP contribution in [0.5, 0.6) is 34.5 Å². The first kappa shape index (κ1) is 84.4. The summed E-state index contributed by atoms with van der Waals surface area (Å²) in [5.74, 6) is 5.61. The van der Waals surface area contributed by atoms with Crippen molar-refractivity contribution in [2.45, 2.75) is 117 Å². The number of unbranched alkanes of at least 4 members (excludes halogenated alkanes) is 1. The van der Waals surface area contributed by atoms with E-state index in [0.717, 1.165) is 240 Å². The number of fused-ring (bicyclic) bond motifs is 8. The Balaban J connectivity index is 0.000000127. The molecule has 0 saturated carbocycles. The molecule has 16 nitrogen and oxygen atoms in total. The molecule has 18 rings (SSSR count). The number of benzene rings is 6. The molecule has 0 radical (unpaired) electrons. The lowest BCUT2D eigenvalue weighted by Gasteiger charge is -2.30. The summed E-state index contributed by atoms with van der Waals surface area (Å²) in [6.07, 6.45) is 21.0. The molecule has 6 aromatic carbocycles. The van der Waals surface area contributed by atoms with Crippen LogP contribution in [0.3, 0.4) is 0 Å². The van der Waals surface area contributed by atoms with Gasteiger partial charge in [-0.25, -0.2) is 0 Å². The number of aromatic nitrogens is 4. The average molecular weight is 1660 g/mol. The predicted octanol–water partition coefficient (Wildman–Crippen LogP) is 19.8. The molecule has 604 valence electrons. The van der Waals surface area contributed by atoms with E-state index in [2.05, 4.69) is 155 Å². The number of pyridine rings is 4. The van der Waals surface area contributed by atoms with Gasteiger partial charge in [-0.2, -0.15) is 0 Å². The Labute approximate surface area is 702 Å². The van der Waals surface area contributed by atoms with Crippen LogP contribution in [0.25, 0.3) is 22.3 Å². The second-order valence-corrected chi connectivity index (χ2v) is 31.1. The molecule has 4 saturated heterocycles. The average Bonchev–Trinajstić information content (AvgIpc) is 1.57. The minimum atomic E-state index is 0.270. The van der Waals surface area contributed by atoms with Gasteiger partial charge in [0.1, 0.15) is 60.9 Å². The molecule has 0 amide bonds. The molecule has 4 fully saturated rings. The molecule has 0 spiro atoms. The van der Waals surface area contributed by atoms with Gasteiger partial charge in [0, 0.05) is 148 Å². The number of likely N-dealkylation sites (tertiary alicyclic amines) is 2. The molecule has 10 aromatic rings. The van der Waals surface area contributed by atoms with Crippen molar-refractivity contribution in [3.8, 4) is 34.5 Å². The maximum absolute atomic E-state index is 9.04. The standard InChI is InChI=1S/C27H27ClN2O2.C21H24N2O2.2C18H18N2O.C10H13ClO.C3H7BrO/c28-21-8-10-22(11-9-21)31-18-4-15-30-16-12-20(13-17-30)27-23-6-3-14-29-25(23)19-32-26-7-2-1-5-24(26)27;24-14-4-11-23-12-8-16(9-13-23)20-18-6-1-2-7-19(18)25-15-17-5-3-10-22-21(17)20;1-2-6-16-15(5-1)17(13-7-10-19-11-8-13)18-14(12-21-16)4-3-9-20-18;1-2-6-17-15(4-1)18(13-7-10-19-11-8-13)14-5-3-9-20-16(14)12-21-17;1-2-3-8-12-10-6-4-9(11)5-7-10;4-2-1-3-5/h1-3,5-11,14H,4,12-13,15-19H2;1-3,5-7,10,24H,4,8-9,11-15H2;2*1-6,9,19H,7-8,10-12H2;4-7H,2-3,8H2,1H3;5H,1-3H2. The molecule has 4 aromatic heterocycles. The number of nitrogens with zero attached hydrogens (tertiary/aromatic N) is 6. The zero-order valence-corrected chi connectivity index (χ0v) is 69.7. The highest BCUT2D eigenvalue weighted by molar-refractivity contribution is 9.09. The highest BCUT2D eigenvalue weighted by Gasteiger charge is 2.30.